The number of hydrogen-bond donors (Lipinski definition) is 1. The van der Waals surface area contributed by atoms with Crippen LogP contribution in [0.2, 0.25) is 0 Å². The maximum absolute atomic E-state index is 11.5. The van der Waals surface area contributed by atoms with Crippen LogP contribution in [-0.4, -0.2) is 84.2 Å². The lowest BCUT2D eigenvalue weighted by Crippen LogP contribution is -2.38. The summed E-state index contributed by atoms with van der Waals surface area (Å²) in [6, 6.07) is 0. The van der Waals surface area contributed by atoms with Crippen LogP contribution in [0.3, 0.4) is 0 Å². The molecule has 1 rings (SSSR count). The largest absolute Gasteiger partial charge is 0.441 e. The van der Waals surface area contributed by atoms with Gasteiger partial charge in [0.1, 0.15) is 17.7 Å². The first-order chi connectivity index (χ1) is 19.9. The minimum atomic E-state index is -0.596. The normalized spacial score (nSPS) is 12.3. The van der Waals surface area contributed by atoms with Gasteiger partial charge in [-0.1, -0.05) is 68.7 Å². The Morgan fingerprint density at radius 1 is 0.929 bits per heavy atom. The van der Waals surface area contributed by atoms with Crippen LogP contribution in [0.15, 0.2) is 0 Å². The molecule has 42 heavy (non-hydrogen) atoms. The van der Waals surface area contributed by atoms with E-state index in [2.05, 4.69) is 19.2 Å². The topological polar surface area (TPSA) is 109 Å². The van der Waals surface area contributed by atoms with Gasteiger partial charge in [-0.2, -0.15) is 0 Å². The second kappa shape index (κ2) is 43.9. The Bertz CT molecular complexity index is 522. The third-order valence-electron chi connectivity index (χ3n) is 4.36. The highest BCUT2D eigenvalue weighted by molar-refractivity contribution is 5.72. The summed E-state index contributed by atoms with van der Waals surface area (Å²) in [4.78, 5) is 31.2. The molecule has 1 aliphatic rings. The van der Waals surface area contributed by atoms with Crippen molar-refractivity contribution in [3.8, 4) is 0 Å². The third-order valence-corrected chi connectivity index (χ3v) is 4.36. The number of rotatable bonds is 15. The molecule has 0 bridgehead atoms. The SMILES string of the molecule is CC.CC.CC.CC(C)=O.CCC.COCC(C)(C)OC(=O)NCCCOCC1CC1.COCC[C@H](OC)C(C)C=O. The van der Waals surface area contributed by atoms with Crippen LogP contribution in [0.4, 0.5) is 4.79 Å². The Hall–Kier alpha value is -1.55. The van der Waals surface area contributed by atoms with E-state index >= 15 is 0 Å². The molecule has 0 aromatic rings. The van der Waals surface area contributed by atoms with Crippen molar-refractivity contribution in [2.75, 3.05) is 54.3 Å². The summed E-state index contributed by atoms with van der Waals surface area (Å²) in [7, 11) is 4.83. The minimum absolute atomic E-state index is 0.00699. The fourth-order valence-electron chi connectivity index (χ4n) is 2.48. The summed E-state index contributed by atoms with van der Waals surface area (Å²) in [5.41, 5.74) is -0.596. The van der Waals surface area contributed by atoms with Crippen LogP contribution in [-0.2, 0) is 33.3 Å². The lowest BCUT2D eigenvalue weighted by atomic mass is 10.0. The number of carbonyl (C=O) groups excluding carboxylic acids is 3. The Labute approximate surface area is 261 Å². The summed E-state index contributed by atoms with van der Waals surface area (Å²) in [5, 5.41) is 2.70. The summed E-state index contributed by atoms with van der Waals surface area (Å²) in [6.07, 6.45) is 5.94. The Balaban J connectivity index is -0.000000115. The molecule has 1 saturated carbocycles. The summed E-state index contributed by atoms with van der Waals surface area (Å²) in [6.45, 7) is 27.9. The van der Waals surface area contributed by atoms with Crippen LogP contribution in [0, 0.1) is 11.8 Å². The summed E-state index contributed by atoms with van der Waals surface area (Å²) < 4.78 is 25.6. The fourth-order valence-corrected chi connectivity index (χ4v) is 2.48. The average Bonchev–Trinajstić information content (AvgIpc) is 3.79. The van der Waals surface area contributed by atoms with Gasteiger partial charge in [0.15, 0.2) is 0 Å². The number of aldehydes is 1. The number of carbonyl (C=O) groups is 3. The second-order valence-corrected chi connectivity index (χ2v) is 9.55. The number of hydrogen-bond acceptors (Lipinski definition) is 8. The maximum atomic E-state index is 11.5. The average molecular weight is 612 g/mol. The highest BCUT2D eigenvalue weighted by Gasteiger charge is 2.23. The van der Waals surface area contributed by atoms with Gasteiger partial charge in [-0.3, -0.25) is 0 Å². The van der Waals surface area contributed by atoms with Crippen LogP contribution < -0.4 is 5.32 Å². The smallest absolute Gasteiger partial charge is 0.407 e. The van der Waals surface area contributed by atoms with Crippen molar-refractivity contribution in [1.82, 2.24) is 5.32 Å². The summed E-state index contributed by atoms with van der Waals surface area (Å²) >= 11 is 0. The zero-order valence-corrected chi connectivity index (χ0v) is 30.6. The lowest BCUT2D eigenvalue weighted by Gasteiger charge is -2.24. The van der Waals surface area contributed by atoms with E-state index in [9.17, 15) is 14.4 Å². The van der Waals surface area contributed by atoms with Gasteiger partial charge in [-0.25, -0.2) is 4.79 Å². The van der Waals surface area contributed by atoms with Gasteiger partial charge < -0.3 is 38.6 Å². The summed E-state index contributed by atoms with van der Waals surface area (Å²) in [5.74, 6) is 0.910. The zero-order valence-electron chi connectivity index (χ0n) is 30.6. The molecule has 258 valence electrons. The van der Waals surface area contributed by atoms with Crippen molar-refractivity contribution in [3.05, 3.63) is 0 Å². The van der Waals surface area contributed by atoms with Crippen molar-refractivity contribution in [3.63, 3.8) is 0 Å². The van der Waals surface area contributed by atoms with Crippen LogP contribution in [0.5, 0.6) is 0 Å². The van der Waals surface area contributed by atoms with Crippen LogP contribution in [0.1, 0.15) is 122 Å². The number of alkyl carbamates (subject to hydrolysis) is 1. The molecule has 0 spiro atoms. The number of ketones is 1. The van der Waals surface area contributed by atoms with Gasteiger partial charge >= 0.3 is 6.09 Å². The highest BCUT2D eigenvalue weighted by Crippen LogP contribution is 2.28. The second-order valence-electron chi connectivity index (χ2n) is 9.55. The number of ether oxygens (including phenoxy) is 5. The van der Waals surface area contributed by atoms with Crippen LogP contribution >= 0.6 is 0 Å². The Morgan fingerprint density at radius 3 is 1.76 bits per heavy atom. The fraction of sp³-hybridized carbons (Fsp3) is 0.909. The molecule has 9 nitrogen and oxygen atoms in total. The van der Waals surface area contributed by atoms with Crippen LogP contribution in [0.25, 0.3) is 0 Å². The van der Waals surface area contributed by atoms with E-state index in [1.54, 1.807) is 21.3 Å². The standard InChI is InChI=1S/C13H25NO4.C8H16O3.C3H6O.C3H8.3C2H6/c1-13(2,10-16-3)18-12(15)14-7-4-8-17-9-11-5-6-11;1-7(6-9)8(11-3)4-5-10-2;1-3(2)4;1-3-2;3*1-2/h11H,4-10H2,1-3H3,(H,14,15);6-8H,4-5H2,1-3H3;1-2H3;3H2,1-2H3;3*1-2H3/t;7?,8-;;;;;/m.0...../s1. The molecule has 1 amide bonds. The lowest BCUT2D eigenvalue weighted by molar-refractivity contribution is -0.115. The molecule has 1 fully saturated rings. The van der Waals surface area contributed by atoms with E-state index in [-0.39, 0.29) is 17.8 Å². The number of methoxy groups -OCH3 is 3. The molecule has 1 N–H and O–H groups in total. The first-order valence-electron chi connectivity index (χ1n) is 15.9. The molecule has 1 aliphatic carbocycles. The molecule has 0 aliphatic heterocycles. The molecular weight excluding hydrogens is 538 g/mol. The first-order valence-corrected chi connectivity index (χ1v) is 15.9. The molecule has 0 aromatic carbocycles. The van der Waals surface area contributed by atoms with E-state index in [0.717, 1.165) is 31.7 Å². The molecule has 2 atom stereocenters. The Morgan fingerprint density at radius 2 is 1.40 bits per heavy atom. The van der Waals surface area contributed by atoms with Gasteiger partial charge in [0, 0.05) is 53.6 Å². The predicted molar refractivity (Wildman–Crippen MR) is 177 cm³/mol. The number of nitrogens with one attached hydrogen (secondary N) is 1. The molecular formula is C33H73NO8. The number of amides is 1. The van der Waals surface area contributed by atoms with E-state index in [0.29, 0.717) is 26.4 Å². The van der Waals surface area contributed by atoms with Gasteiger partial charge in [0.05, 0.1) is 12.7 Å². The molecule has 1 unspecified atom stereocenters. The first kappa shape index (κ1) is 53.0. The van der Waals surface area contributed by atoms with E-state index in [1.165, 1.54) is 33.1 Å². The maximum Gasteiger partial charge on any atom is 0.407 e. The highest BCUT2D eigenvalue weighted by atomic mass is 16.6. The van der Waals surface area contributed by atoms with Gasteiger partial charge in [-0.05, 0) is 59.3 Å². The van der Waals surface area contributed by atoms with Crippen molar-refractivity contribution < 1.29 is 38.1 Å². The van der Waals surface area contributed by atoms with Gasteiger partial charge in [0.2, 0.25) is 0 Å². The van der Waals surface area contributed by atoms with Crippen molar-refractivity contribution in [2.45, 2.75) is 134 Å². The molecule has 9 heteroatoms. The van der Waals surface area contributed by atoms with Gasteiger partial charge in [0.25, 0.3) is 0 Å². The van der Waals surface area contributed by atoms with Gasteiger partial charge in [-0.15, -0.1) is 0 Å². The van der Waals surface area contributed by atoms with Crippen molar-refractivity contribution >= 4 is 18.2 Å². The van der Waals surface area contributed by atoms with E-state index in [1.807, 2.05) is 62.3 Å². The monoisotopic (exact) mass is 612 g/mol. The predicted octanol–water partition coefficient (Wildman–Crippen LogP) is 7.92. The molecule has 0 radical (unpaired) electrons. The minimum Gasteiger partial charge on any atom is -0.441 e. The van der Waals surface area contributed by atoms with E-state index < -0.39 is 11.7 Å². The molecule has 0 aromatic heterocycles. The van der Waals surface area contributed by atoms with E-state index in [4.69, 9.17) is 23.7 Å². The van der Waals surface area contributed by atoms with Crippen molar-refractivity contribution in [1.29, 1.82) is 0 Å². The number of Topliss-reactive ketones (excluding diaryl/α,β-unsaturated/α-hetero) is 1. The quantitative estimate of drug-likeness (QED) is 0.147. The third kappa shape index (κ3) is 54.5. The van der Waals surface area contributed by atoms with Crippen molar-refractivity contribution in [2.24, 2.45) is 11.8 Å². The zero-order chi connectivity index (χ0) is 34.4. The molecule has 0 saturated heterocycles. The molecule has 0 heterocycles. The Kier molecular flexibility index (Phi) is 55.4.